The standard InChI is InChI=1S/C18H21N3O3S2/c1-13-4-2-5-16(12-13)19-20-18(22)14-7-9-15(10-8-14)21-26(23,24)17-6-3-11-25-17/h3,6-11,13,21H,2,4-5,12H2,1H3,(H,20,22)/b19-16-. The average molecular weight is 392 g/mol. The van der Waals surface area contributed by atoms with E-state index >= 15 is 0 Å². The number of hydrazone groups is 1. The van der Waals surface area contributed by atoms with Crippen LogP contribution in [0.25, 0.3) is 0 Å². The van der Waals surface area contributed by atoms with Crippen LogP contribution in [0.4, 0.5) is 5.69 Å². The molecule has 0 bridgehead atoms. The van der Waals surface area contributed by atoms with Crippen LogP contribution in [-0.2, 0) is 10.0 Å². The third-order valence-electron chi connectivity index (χ3n) is 4.22. The summed E-state index contributed by atoms with van der Waals surface area (Å²) in [5.74, 6) is 0.304. The van der Waals surface area contributed by atoms with Crippen LogP contribution in [0.2, 0.25) is 0 Å². The largest absolute Gasteiger partial charge is 0.279 e. The molecule has 1 fully saturated rings. The van der Waals surface area contributed by atoms with Gasteiger partial charge >= 0.3 is 0 Å². The normalized spacial score (nSPS) is 19.3. The maximum atomic E-state index is 12.2. The number of nitrogens with one attached hydrogen (secondary N) is 2. The molecule has 0 aliphatic heterocycles. The van der Waals surface area contributed by atoms with E-state index in [2.05, 4.69) is 22.2 Å². The summed E-state index contributed by atoms with van der Waals surface area (Å²) in [4.78, 5) is 12.2. The van der Waals surface area contributed by atoms with Gasteiger partial charge in [0.2, 0.25) is 0 Å². The van der Waals surface area contributed by atoms with Gasteiger partial charge in [0.25, 0.3) is 15.9 Å². The van der Waals surface area contributed by atoms with E-state index in [1.807, 2.05) is 0 Å². The molecule has 0 spiro atoms. The van der Waals surface area contributed by atoms with Crippen molar-refractivity contribution < 1.29 is 13.2 Å². The van der Waals surface area contributed by atoms with Gasteiger partial charge < -0.3 is 0 Å². The molecule has 1 aliphatic rings. The van der Waals surface area contributed by atoms with E-state index in [1.54, 1.807) is 41.8 Å². The van der Waals surface area contributed by atoms with Crippen LogP contribution in [0.1, 0.15) is 43.0 Å². The van der Waals surface area contributed by atoms with Crippen molar-refractivity contribution in [2.75, 3.05) is 4.72 Å². The van der Waals surface area contributed by atoms with Crippen LogP contribution >= 0.6 is 11.3 Å². The molecule has 1 aromatic carbocycles. The lowest BCUT2D eigenvalue weighted by molar-refractivity contribution is 0.0954. The molecule has 1 saturated carbocycles. The number of benzene rings is 1. The molecule has 26 heavy (non-hydrogen) atoms. The number of anilines is 1. The van der Waals surface area contributed by atoms with Crippen molar-refractivity contribution in [1.29, 1.82) is 0 Å². The minimum absolute atomic E-state index is 0.247. The quantitative estimate of drug-likeness (QED) is 0.759. The van der Waals surface area contributed by atoms with Crippen molar-refractivity contribution >= 4 is 38.7 Å². The lowest BCUT2D eigenvalue weighted by Gasteiger charge is -2.18. The minimum atomic E-state index is -3.59. The van der Waals surface area contributed by atoms with Gasteiger partial charge in [-0.1, -0.05) is 13.0 Å². The van der Waals surface area contributed by atoms with E-state index in [-0.39, 0.29) is 10.1 Å². The van der Waals surface area contributed by atoms with Crippen LogP contribution < -0.4 is 10.1 Å². The maximum absolute atomic E-state index is 12.2. The third kappa shape index (κ3) is 4.70. The molecule has 1 aliphatic carbocycles. The molecular weight excluding hydrogens is 370 g/mol. The molecule has 6 nitrogen and oxygen atoms in total. The van der Waals surface area contributed by atoms with E-state index in [1.165, 1.54) is 6.42 Å². The fourth-order valence-corrected chi connectivity index (χ4v) is 4.92. The summed E-state index contributed by atoms with van der Waals surface area (Å²) in [6.45, 7) is 2.19. The van der Waals surface area contributed by atoms with Crippen LogP contribution in [0.15, 0.2) is 51.1 Å². The van der Waals surface area contributed by atoms with Crippen LogP contribution in [0.5, 0.6) is 0 Å². The molecule has 1 amide bonds. The van der Waals surface area contributed by atoms with Gasteiger partial charge in [-0.05, 0) is 67.3 Å². The van der Waals surface area contributed by atoms with Crippen LogP contribution in [0, 0.1) is 5.92 Å². The van der Waals surface area contributed by atoms with Crippen molar-refractivity contribution in [2.24, 2.45) is 11.0 Å². The predicted molar refractivity (Wildman–Crippen MR) is 104 cm³/mol. The SMILES string of the molecule is CC1CCC/C(=N/NC(=O)c2ccc(NS(=O)(=O)c3cccs3)cc2)C1. The zero-order valence-electron chi connectivity index (χ0n) is 14.4. The van der Waals surface area contributed by atoms with Crippen molar-refractivity contribution in [2.45, 2.75) is 36.8 Å². The highest BCUT2D eigenvalue weighted by atomic mass is 32.2. The van der Waals surface area contributed by atoms with E-state index in [0.717, 1.165) is 36.3 Å². The number of carbonyl (C=O) groups excluding carboxylic acids is 1. The Bertz CT molecular complexity index is 888. The predicted octanol–water partition coefficient (Wildman–Crippen LogP) is 3.84. The van der Waals surface area contributed by atoms with Crippen molar-refractivity contribution in [3.8, 4) is 0 Å². The van der Waals surface area contributed by atoms with Gasteiger partial charge in [0.15, 0.2) is 0 Å². The van der Waals surface area contributed by atoms with Gasteiger partial charge in [-0.25, -0.2) is 13.8 Å². The summed E-state index contributed by atoms with van der Waals surface area (Å²) in [5.41, 5.74) is 4.45. The van der Waals surface area contributed by atoms with Gasteiger partial charge in [-0.2, -0.15) is 5.10 Å². The van der Waals surface area contributed by atoms with Crippen molar-refractivity contribution in [1.82, 2.24) is 5.43 Å². The van der Waals surface area contributed by atoms with Crippen molar-refractivity contribution in [3.05, 3.63) is 47.3 Å². The number of carbonyl (C=O) groups is 1. The highest BCUT2D eigenvalue weighted by Gasteiger charge is 2.16. The topological polar surface area (TPSA) is 87.6 Å². The summed E-state index contributed by atoms with van der Waals surface area (Å²) in [6.07, 6.45) is 4.16. The lowest BCUT2D eigenvalue weighted by atomic mass is 9.89. The monoisotopic (exact) mass is 391 g/mol. The zero-order chi connectivity index (χ0) is 18.6. The van der Waals surface area contributed by atoms with Gasteiger partial charge in [-0.15, -0.1) is 11.3 Å². The summed E-state index contributed by atoms with van der Waals surface area (Å²) >= 11 is 1.15. The van der Waals surface area contributed by atoms with E-state index in [4.69, 9.17) is 0 Å². The number of amides is 1. The Morgan fingerprint density at radius 2 is 2.00 bits per heavy atom. The molecule has 8 heteroatoms. The first kappa shape index (κ1) is 18.6. The fourth-order valence-electron chi connectivity index (χ4n) is 2.87. The molecule has 1 aromatic heterocycles. The van der Waals surface area contributed by atoms with Gasteiger partial charge in [0, 0.05) is 17.0 Å². The number of nitrogens with zero attached hydrogens (tertiary/aromatic N) is 1. The fraction of sp³-hybridized carbons (Fsp3) is 0.333. The number of hydrogen-bond donors (Lipinski definition) is 2. The second-order valence-electron chi connectivity index (χ2n) is 6.44. The Kier molecular flexibility index (Phi) is 5.73. The van der Waals surface area contributed by atoms with E-state index in [9.17, 15) is 13.2 Å². The number of hydrogen-bond acceptors (Lipinski definition) is 5. The average Bonchev–Trinajstić information content (AvgIpc) is 3.16. The third-order valence-corrected chi connectivity index (χ3v) is 7.00. The number of thiophene rings is 1. The Morgan fingerprint density at radius 1 is 1.23 bits per heavy atom. The highest BCUT2D eigenvalue weighted by molar-refractivity contribution is 7.94. The Hall–Kier alpha value is -2.19. The van der Waals surface area contributed by atoms with Crippen LogP contribution in [0.3, 0.4) is 0 Å². The number of sulfonamides is 1. The molecular formula is C18H21N3O3S2. The Labute approximate surface area is 157 Å². The summed E-state index contributed by atoms with van der Waals surface area (Å²) in [6, 6.07) is 9.50. The maximum Gasteiger partial charge on any atom is 0.271 e. The first-order chi connectivity index (χ1) is 12.4. The molecule has 3 rings (SSSR count). The molecule has 2 N–H and O–H groups in total. The zero-order valence-corrected chi connectivity index (χ0v) is 16.1. The second-order valence-corrected chi connectivity index (χ2v) is 9.29. The molecule has 1 unspecified atom stereocenters. The van der Waals surface area contributed by atoms with Crippen molar-refractivity contribution in [3.63, 3.8) is 0 Å². The van der Waals surface area contributed by atoms with E-state index < -0.39 is 10.0 Å². The first-order valence-electron chi connectivity index (χ1n) is 8.46. The summed E-state index contributed by atoms with van der Waals surface area (Å²) < 4.78 is 27.1. The molecule has 2 aromatic rings. The minimum Gasteiger partial charge on any atom is -0.279 e. The number of rotatable bonds is 5. The second kappa shape index (κ2) is 8.01. The summed E-state index contributed by atoms with van der Waals surface area (Å²) in [7, 11) is -3.59. The Morgan fingerprint density at radius 3 is 2.65 bits per heavy atom. The molecule has 0 saturated heterocycles. The smallest absolute Gasteiger partial charge is 0.271 e. The molecule has 1 heterocycles. The molecule has 0 radical (unpaired) electrons. The lowest BCUT2D eigenvalue weighted by Crippen LogP contribution is -2.22. The highest BCUT2D eigenvalue weighted by Crippen LogP contribution is 2.22. The van der Waals surface area contributed by atoms with Gasteiger partial charge in [-0.3, -0.25) is 9.52 Å². The van der Waals surface area contributed by atoms with E-state index in [0.29, 0.717) is 17.2 Å². The molecule has 1 atom stereocenters. The summed E-state index contributed by atoms with van der Waals surface area (Å²) in [5, 5.41) is 5.94. The first-order valence-corrected chi connectivity index (χ1v) is 10.8. The Balaban J connectivity index is 1.62. The van der Waals surface area contributed by atoms with Gasteiger partial charge in [0.05, 0.1) is 0 Å². The van der Waals surface area contributed by atoms with Crippen LogP contribution in [-0.4, -0.2) is 20.0 Å². The van der Waals surface area contributed by atoms with Gasteiger partial charge in [0.1, 0.15) is 4.21 Å². The molecule has 138 valence electrons.